The van der Waals surface area contributed by atoms with Gasteiger partial charge in [-0.25, -0.2) is 4.79 Å². The van der Waals surface area contributed by atoms with Gasteiger partial charge >= 0.3 is 5.97 Å². The van der Waals surface area contributed by atoms with Crippen molar-refractivity contribution in [2.24, 2.45) is 5.92 Å². The molecular weight excluding hydrogens is 384 g/mol. The molecule has 0 bridgehead atoms. The zero-order valence-electron chi connectivity index (χ0n) is 17.4. The molecule has 2 aromatic rings. The molecule has 2 N–H and O–H groups in total. The average Bonchev–Trinajstić information content (AvgIpc) is 2.71. The molecule has 0 spiro atoms. The van der Waals surface area contributed by atoms with Gasteiger partial charge < -0.3 is 19.4 Å². The predicted molar refractivity (Wildman–Crippen MR) is 115 cm³/mol. The minimum Gasteiger partial charge on any atom is -0.458 e. The van der Waals surface area contributed by atoms with E-state index >= 15 is 0 Å². The van der Waals surface area contributed by atoms with Crippen LogP contribution in [-0.4, -0.2) is 49.4 Å². The third-order valence-corrected chi connectivity index (χ3v) is 10.8. The number of carbonyl (C=O) groups excluding carboxylic acids is 1. The Morgan fingerprint density at radius 2 is 1.45 bits per heavy atom. The van der Waals surface area contributed by atoms with Crippen LogP contribution in [0, 0.1) is 5.92 Å². The highest BCUT2D eigenvalue weighted by molar-refractivity contribution is 6.99. The number of esters is 1. The lowest BCUT2D eigenvalue weighted by molar-refractivity contribution is -0.192. The molecular formula is C23H30O5Si. The number of aliphatic hydroxyl groups is 2. The average molecular weight is 415 g/mol. The summed E-state index contributed by atoms with van der Waals surface area (Å²) in [6.45, 7) is 8.44. The molecule has 6 heteroatoms. The molecule has 1 fully saturated rings. The van der Waals surface area contributed by atoms with Crippen molar-refractivity contribution in [2.75, 3.05) is 6.61 Å². The molecule has 2 aromatic carbocycles. The van der Waals surface area contributed by atoms with Crippen molar-refractivity contribution in [3.05, 3.63) is 60.7 Å². The second-order valence-electron chi connectivity index (χ2n) is 8.74. The Morgan fingerprint density at radius 3 is 1.90 bits per heavy atom. The number of benzene rings is 2. The maximum absolute atomic E-state index is 11.9. The smallest absolute Gasteiger partial charge is 0.338 e. The molecule has 5 nitrogen and oxygen atoms in total. The first-order valence-electron chi connectivity index (χ1n) is 10.00. The maximum Gasteiger partial charge on any atom is 0.338 e. The third kappa shape index (κ3) is 4.03. The Hall–Kier alpha value is -1.99. The van der Waals surface area contributed by atoms with Crippen molar-refractivity contribution in [1.29, 1.82) is 0 Å². The number of cyclic esters (lactones) is 1. The van der Waals surface area contributed by atoms with Gasteiger partial charge in [0, 0.05) is 5.92 Å². The van der Waals surface area contributed by atoms with E-state index in [1.165, 1.54) is 0 Å². The second kappa shape index (κ2) is 8.40. The molecule has 3 rings (SSSR count). The molecule has 0 saturated carbocycles. The molecule has 1 heterocycles. The molecule has 156 valence electrons. The molecule has 0 aliphatic carbocycles. The van der Waals surface area contributed by atoms with E-state index in [-0.39, 0.29) is 11.6 Å². The highest BCUT2D eigenvalue weighted by Crippen LogP contribution is 2.37. The minimum atomic E-state index is -2.76. The molecule has 0 amide bonds. The Bertz CT molecular complexity index is 779. The molecule has 0 radical (unpaired) electrons. The molecule has 4 atom stereocenters. The highest BCUT2D eigenvalue weighted by Gasteiger charge is 2.51. The van der Waals surface area contributed by atoms with Crippen LogP contribution in [0.2, 0.25) is 5.04 Å². The van der Waals surface area contributed by atoms with Crippen LogP contribution in [0.1, 0.15) is 27.7 Å². The molecule has 1 aliphatic rings. The van der Waals surface area contributed by atoms with Gasteiger partial charge in [-0.1, -0.05) is 88.4 Å². The van der Waals surface area contributed by atoms with Gasteiger partial charge in [-0.15, -0.1) is 0 Å². The summed E-state index contributed by atoms with van der Waals surface area (Å²) in [7, 11) is -2.76. The quantitative estimate of drug-likeness (QED) is 0.577. The van der Waals surface area contributed by atoms with E-state index in [1.54, 1.807) is 6.92 Å². The summed E-state index contributed by atoms with van der Waals surface area (Å²) in [5.41, 5.74) is 0. The largest absolute Gasteiger partial charge is 0.458 e. The third-order valence-electron chi connectivity index (χ3n) is 5.84. The lowest BCUT2D eigenvalue weighted by Gasteiger charge is -2.44. The zero-order valence-corrected chi connectivity index (χ0v) is 18.4. The number of hydrogen-bond acceptors (Lipinski definition) is 5. The Morgan fingerprint density at radius 1 is 0.966 bits per heavy atom. The van der Waals surface area contributed by atoms with Crippen molar-refractivity contribution in [2.45, 2.75) is 51.0 Å². The summed E-state index contributed by atoms with van der Waals surface area (Å²) in [5, 5.41) is 22.1. The first-order chi connectivity index (χ1) is 13.7. The Kier molecular flexibility index (Phi) is 6.29. The number of ether oxygens (including phenoxy) is 1. The lowest BCUT2D eigenvalue weighted by Crippen LogP contribution is -2.67. The Balaban J connectivity index is 2.01. The lowest BCUT2D eigenvalue weighted by atomic mass is 9.92. The van der Waals surface area contributed by atoms with E-state index in [0.717, 1.165) is 10.4 Å². The van der Waals surface area contributed by atoms with Crippen LogP contribution >= 0.6 is 0 Å². The SMILES string of the molecule is C[C@@H]1[C@@H](O)[C@H](O)C(=O)O[C@H]1CO[Si](c1ccccc1)(c1ccccc1)C(C)(C)C. The van der Waals surface area contributed by atoms with E-state index in [1.807, 2.05) is 36.4 Å². The van der Waals surface area contributed by atoms with Gasteiger partial charge in [0.2, 0.25) is 0 Å². The summed E-state index contributed by atoms with van der Waals surface area (Å²) in [4.78, 5) is 11.9. The summed E-state index contributed by atoms with van der Waals surface area (Å²) in [6.07, 6.45) is -3.29. The van der Waals surface area contributed by atoms with E-state index in [4.69, 9.17) is 9.16 Å². The summed E-state index contributed by atoms with van der Waals surface area (Å²) in [5.74, 6) is -1.23. The van der Waals surface area contributed by atoms with Gasteiger partial charge in [-0.2, -0.15) is 0 Å². The van der Waals surface area contributed by atoms with Crippen LogP contribution in [0.25, 0.3) is 0 Å². The summed E-state index contributed by atoms with van der Waals surface area (Å²) < 4.78 is 12.2. The van der Waals surface area contributed by atoms with E-state index in [0.29, 0.717) is 0 Å². The molecule has 0 aromatic heterocycles. The fraction of sp³-hybridized carbons (Fsp3) is 0.435. The van der Waals surface area contributed by atoms with Gasteiger partial charge in [-0.05, 0) is 15.4 Å². The van der Waals surface area contributed by atoms with Gasteiger partial charge in [0.15, 0.2) is 6.10 Å². The zero-order chi connectivity index (χ0) is 21.2. The first kappa shape index (κ1) is 21.7. The molecule has 0 unspecified atom stereocenters. The van der Waals surface area contributed by atoms with E-state index in [9.17, 15) is 15.0 Å². The molecule has 1 saturated heterocycles. The predicted octanol–water partition coefficient (Wildman–Crippen LogP) is 1.85. The van der Waals surface area contributed by atoms with Gasteiger partial charge in [-0.3, -0.25) is 0 Å². The highest BCUT2D eigenvalue weighted by atomic mass is 28.4. The summed E-state index contributed by atoms with van der Waals surface area (Å²) >= 11 is 0. The fourth-order valence-electron chi connectivity index (χ4n) is 4.13. The molecule has 1 aliphatic heterocycles. The normalized spacial score (nSPS) is 25.5. The van der Waals surface area contributed by atoms with Crippen molar-refractivity contribution in [3.8, 4) is 0 Å². The van der Waals surface area contributed by atoms with Crippen molar-refractivity contribution >= 4 is 24.7 Å². The van der Waals surface area contributed by atoms with Crippen molar-refractivity contribution < 1.29 is 24.2 Å². The number of aliphatic hydroxyl groups excluding tert-OH is 2. The van der Waals surface area contributed by atoms with Crippen LogP contribution in [-0.2, 0) is 14.0 Å². The van der Waals surface area contributed by atoms with E-state index < -0.39 is 38.5 Å². The fourth-order valence-corrected chi connectivity index (χ4v) is 8.70. The maximum atomic E-state index is 11.9. The van der Waals surface area contributed by atoms with Crippen LogP contribution in [0.15, 0.2) is 60.7 Å². The number of hydrogen-bond donors (Lipinski definition) is 2. The van der Waals surface area contributed by atoms with Crippen LogP contribution in [0.4, 0.5) is 0 Å². The van der Waals surface area contributed by atoms with Crippen LogP contribution < -0.4 is 10.4 Å². The molecule has 29 heavy (non-hydrogen) atoms. The topological polar surface area (TPSA) is 76.0 Å². The van der Waals surface area contributed by atoms with Crippen LogP contribution in [0.3, 0.4) is 0 Å². The monoisotopic (exact) mass is 414 g/mol. The number of rotatable bonds is 5. The van der Waals surface area contributed by atoms with Crippen molar-refractivity contribution in [1.82, 2.24) is 0 Å². The van der Waals surface area contributed by atoms with Crippen molar-refractivity contribution in [3.63, 3.8) is 0 Å². The standard InChI is InChI=1S/C23H30O5Si/c1-16-19(28-22(26)21(25)20(16)24)15-27-29(23(2,3)4,17-11-7-5-8-12-17)18-13-9-6-10-14-18/h5-14,16,19-21,24-25H,15H2,1-4H3/t16-,19-,20+,21-/m0/s1. The van der Waals surface area contributed by atoms with Crippen LogP contribution in [0.5, 0.6) is 0 Å². The van der Waals surface area contributed by atoms with Gasteiger partial charge in [0.1, 0.15) is 6.10 Å². The minimum absolute atomic E-state index is 0.157. The summed E-state index contributed by atoms with van der Waals surface area (Å²) in [6, 6.07) is 20.4. The van der Waals surface area contributed by atoms with E-state index in [2.05, 4.69) is 45.0 Å². The number of carbonyl (C=O) groups is 1. The first-order valence-corrected chi connectivity index (χ1v) is 11.9. The van der Waals surface area contributed by atoms with Gasteiger partial charge in [0.05, 0.1) is 12.7 Å². The Labute approximate surface area is 173 Å². The van der Waals surface area contributed by atoms with Gasteiger partial charge in [0.25, 0.3) is 8.32 Å². The second-order valence-corrected chi connectivity index (χ2v) is 13.0.